The van der Waals surface area contributed by atoms with E-state index in [0.717, 1.165) is 46.7 Å². The summed E-state index contributed by atoms with van der Waals surface area (Å²) >= 11 is 0. The first kappa shape index (κ1) is 27.8. The van der Waals surface area contributed by atoms with Gasteiger partial charge in [0, 0.05) is 24.8 Å². The lowest BCUT2D eigenvalue weighted by molar-refractivity contribution is -0.120. The SMILES string of the molecule is CC1CCN(c2ccc(C(C)NC(=O)CN(c3ccc(F)cc3)S(=O)(=O)c3ccc4c(c3)OCCO4)cc2)CC1. The Morgan fingerprint density at radius 3 is 2.33 bits per heavy atom. The molecule has 3 aromatic carbocycles. The van der Waals surface area contributed by atoms with Crippen molar-refractivity contribution in [3.05, 3.63) is 78.1 Å². The first-order valence-corrected chi connectivity index (χ1v) is 15.0. The molecular formula is C30H34FN3O5S. The molecule has 0 saturated carbocycles. The summed E-state index contributed by atoms with van der Waals surface area (Å²) in [6, 6.07) is 17.1. The number of amides is 1. The van der Waals surface area contributed by atoms with Crippen LogP contribution in [-0.4, -0.2) is 47.2 Å². The number of piperidine rings is 1. The maximum atomic E-state index is 13.8. The molecule has 3 aromatic rings. The van der Waals surface area contributed by atoms with Crippen molar-refractivity contribution < 1.29 is 27.1 Å². The quantitative estimate of drug-likeness (QED) is 0.417. The van der Waals surface area contributed by atoms with E-state index in [1.54, 1.807) is 0 Å². The Labute approximate surface area is 234 Å². The summed E-state index contributed by atoms with van der Waals surface area (Å²) in [5.74, 6) is 0.504. The molecule has 0 bridgehead atoms. The lowest BCUT2D eigenvalue weighted by Gasteiger charge is -2.32. The molecule has 1 saturated heterocycles. The van der Waals surface area contributed by atoms with Crippen LogP contribution in [0.5, 0.6) is 11.5 Å². The van der Waals surface area contributed by atoms with Gasteiger partial charge in [-0.3, -0.25) is 9.10 Å². The Morgan fingerprint density at radius 1 is 1.00 bits per heavy atom. The fourth-order valence-corrected chi connectivity index (χ4v) is 6.41. The number of benzene rings is 3. The van der Waals surface area contributed by atoms with Crippen molar-refractivity contribution in [2.24, 2.45) is 5.92 Å². The largest absolute Gasteiger partial charge is 0.486 e. The number of anilines is 2. The molecule has 10 heteroatoms. The number of nitrogens with one attached hydrogen (secondary N) is 1. The van der Waals surface area contributed by atoms with Crippen LogP contribution in [0.25, 0.3) is 0 Å². The highest BCUT2D eigenvalue weighted by atomic mass is 32.2. The van der Waals surface area contributed by atoms with Crippen molar-refractivity contribution in [1.29, 1.82) is 0 Å². The van der Waals surface area contributed by atoms with Crippen LogP contribution >= 0.6 is 0 Å². The number of carbonyl (C=O) groups is 1. The minimum atomic E-state index is -4.21. The summed E-state index contributed by atoms with van der Waals surface area (Å²) in [4.78, 5) is 15.5. The third-order valence-corrected chi connectivity index (χ3v) is 9.19. The fourth-order valence-electron chi connectivity index (χ4n) is 4.98. The number of hydrogen-bond donors (Lipinski definition) is 1. The predicted molar refractivity (Wildman–Crippen MR) is 152 cm³/mol. The minimum absolute atomic E-state index is 0.0652. The average molecular weight is 568 g/mol. The van der Waals surface area contributed by atoms with E-state index in [2.05, 4.69) is 29.3 Å². The van der Waals surface area contributed by atoms with Gasteiger partial charge in [0.15, 0.2) is 11.5 Å². The van der Waals surface area contributed by atoms with E-state index in [-0.39, 0.29) is 16.6 Å². The zero-order valence-corrected chi connectivity index (χ0v) is 23.5. The molecule has 2 aliphatic rings. The highest BCUT2D eigenvalue weighted by Crippen LogP contribution is 2.34. The Morgan fingerprint density at radius 2 is 1.65 bits per heavy atom. The number of hydrogen-bond acceptors (Lipinski definition) is 6. The number of rotatable bonds is 8. The second kappa shape index (κ2) is 11.8. The van der Waals surface area contributed by atoms with Crippen molar-refractivity contribution in [3.63, 3.8) is 0 Å². The van der Waals surface area contributed by atoms with Crippen LogP contribution in [0.2, 0.25) is 0 Å². The lowest BCUT2D eigenvalue weighted by Crippen LogP contribution is -2.41. The van der Waals surface area contributed by atoms with E-state index in [1.165, 1.54) is 43.2 Å². The van der Waals surface area contributed by atoms with Gasteiger partial charge in [-0.2, -0.15) is 0 Å². The summed E-state index contributed by atoms with van der Waals surface area (Å²) in [5, 5.41) is 2.91. The molecule has 0 aromatic heterocycles. The maximum absolute atomic E-state index is 13.8. The van der Waals surface area contributed by atoms with Crippen LogP contribution in [0.1, 0.15) is 38.3 Å². The second-order valence-electron chi connectivity index (χ2n) is 10.3. The number of sulfonamides is 1. The summed E-state index contributed by atoms with van der Waals surface area (Å²) in [7, 11) is -4.21. The zero-order chi connectivity index (χ0) is 28.3. The van der Waals surface area contributed by atoms with Crippen molar-refractivity contribution in [2.75, 3.05) is 42.1 Å². The number of halogens is 1. The van der Waals surface area contributed by atoms with Crippen LogP contribution in [0.3, 0.4) is 0 Å². The number of carbonyl (C=O) groups excluding carboxylic acids is 1. The van der Waals surface area contributed by atoms with Gasteiger partial charge in [0.25, 0.3) is 10.0 Å². The molecule has 2 aliphatic heterocycles. The number of fused-ring (bicyclic) bond motifs is 1. The van der Waals surface area contributed by atoms with Crippen molar-refractivity contribution >= 4 is 27.3 Å². The molecule has 0 aliphatic carbocycles. The molecule has 212 valence electrons. The smallest absolute Gasteiger partial charge is 0.264 e. The average Bonchev–Trinajstić information content (AvgIpc) is 2.96. The Kier molecular flexibility index (Phi) is 8.16. The normalized spacial score (nSPS) is 16.3. The van der Waals surface area contributed by atoms with Gasteiger partial charge < -0.3 is 19.7 Å². The molecule has 1 fully saturated rings. The molecule has 0 spiro atoms. The molecule has 1 amide bonds. The standard InChI is InChI=1S/C30H34FN3O5S/c1-21-13-15-33(16-14-21)25-7-3-23(4-8-25)22(2)32-30(35)20-34(26-9-5-24(31)6-10-26)40(36,37)27-11-12-28-29(19-27)39-18-17-38-28/h3-12,19,21-22H,13-18,20H2,1-2H3,(H,32,35). The first-order valence-electron chi connectivity index (χ1n) is 13.5. The minimum Gasteiger partial charge on any atom is -0.486 e. The van der Waals surface area contributed by atoms with Crippen LogP contribution in [-0.2, 0) is 14.8 Å². The topological polar surface area (TPSA) is 88.2 Å². The van der Waals surface area contributed by atoms with Gasteiger partial charge in [0.1, 0.15) is 25.6 Å². The molecule has 1 N–H and O–H groups in total. The highest BCUT2D eigenvalue weighted by molar-refractivity contribution is 7.92. The van der Waals surface area contributed by atoms with E-state index in [1.807, 2.05) is 19.1 Å². The monoisotopic (exact) mass is 567 g/mol. The third-order valence-electron chi connectivity index (χ3n) is 7.42. The van der Waals surface area contributed by atoms with Crippen LogP contribution in [0.15, 0.2) is 71.6 Å². The second-order valence-corrected chi connectivity index (χ2v) is 12.2. The molecule has 5 rings (SSSR count). The summed E-state index contributed by atoms with van der Waals surface area (Å²) in [6.07, 6.45) is 2.35. The predicted octanol–water partition coefficient (Wildman–Crippen LogP) is 4.91. The van der Waals surface area contributed by atoms with Gasteiger partial charge >= 0.3 is 0 Å². The van der Waals surface area contributed by atoms with Gasteiger partial charge in [0.05, 0.1) is 16.6 Å². The Hall–Kier alpha value is -3.79. The lowest BCUT2D eigenvalue weighted by atomic mass is 9.98. The van der Waals surface area contributed by atoms with Crippen LogP contribution < -0.4 is 24.0 Å². The molecule has 40 heavy (non-hydrogen) atoms. The Balaban J connectivity index is 1.32. The molecule has 1 unspecified atom stereocenters. The molecule has 2 heterocycles. The van der Waals surface area contributed by atoms with E-state index >= 15 is 0 Å². The molecule has 1 atom stereocenters. The van der Waals surface area contributed by atoms with Gasteiger partial charge in [0.2, 0.25) is 5.91 Å². The third kappa shape index (κ3) is 6.17. The van der Waals surface area contributed by atoms with Gasteiger partial charge in [-0.05, 0) is 79.8 Å². The first-order chi connectivity index (χ1) is 19.2. The number of ether oxygens (including phenoxy) is 2. The fraction of sp³-hybridized carbons (Fsp3) is 0.367. The number of nitrogens with zero attached hydrogens (tertiary/aromatic N) is 2. The zero-order valence-electron chi connectivity index (χ0n) is 22.7. The van der Waals surface area contributed by atoms with Gasteiger partial charge in [-0.1, -0.05) is 19.1 Å². The van der Waals surface area contributed by atoms with Crippen molar-refractivity contribution in [2.45, 2.75) is 37.6 Å². The molecule has 0 radical (unpaired) electrons. The van der Waals surface area contributed by atoms with Gasteiger partial charge in [-0.15, -0.1) is 0 Å². The molecular weight excluding hydrogens is 533 g/mol. The summed E-state index contributed by atoms with van der Waals surface area (Å²) < 4.78 is 53.2. The van der Waals surface area contributed by atoms with Gasteiger partial charge in [-0.25, -0.2) is 12.8 Å². The van der Waals surface area contributed by atoms with Crippen molar-refractivity contribution in [1.82, 2.24) is 5.32 Å². The van der Waals surface area contributed by atoms with Crippen LogP contribution in [0.4, 0.5) is 15.8 Å². The van der Waals surface area contributed by atoms with E-state index < -0.39 is 28.3 Å². The summed E-state index contributed by atoms with van der Waals surface area (Å²) in [5.41, 5.74) is 2.23. The van der Waals surface area contributed by atoms with E-state index in [4.69, 9.17) is 9.47 Å². The Bertz CT molecular complexity index is 1440. The molecule has 8 nitrogen and oxygen atoms in total. The van der Waals surface area contributed by atoms with E-state index in [0.29, 0.717) is 24.7 Å². The van der Waals surface area contributed by atoms with Crippen molar-refractivity contribution in [3.8, 4) is 11.5 Å². The highest BCUT2D eigenvalue weighted by Gasteiger charge is 2.29. The summed E-state index contributed by atoms with van der Waals surface area (Å²) in [6.45, 7) is 6.39. The van der Waals surface area contributed by atoms with Crippen LogP contribution in [0, 0.1) is 11.7 Å². The van der Waals surface area contributed by atoms with E-state index in [9.17, 15) is 17.6 Å². The maximum Gasteiger partial charge on any atom is 0.264 e.